The van der Waals surface area contributed by atoms with Crippen molar-refractivity contribution < 1.29 is 22.9 Å². The molecule has 0 aliphatic rings. The molecule has 0 bridgehead atoms. The molecular weight excluding hydrogens is 414 g/mol. The lowest BCUT2D eigenvalue weighted by Gasteiger charge is -2.07. The molecule has 12 heteroatoms. The van der Waals surface area contributed by atoms with E-state index in [0.29, 0.717) is 5.56 Å². The highest BCUT2D eigenvalue weighted by molar-refractivity contribution is 7.89. The van der Waals surface area contributed by atoms with Crippen LogP contribution in [0.2, 0.25) is 0 Å². The van der Waals surface area contributed by atoms with E-state index in [1.807, 2.05) is 6.92 Å². The van der Waals surface area contributed by atoms with E-state index in [2.05, 4.69) is 20.6 Å². The van der Waals surface area contributed by atoms with Crippen LogP contribution in [0.3, 0.4) is 0 Å². The molecule has 0 fully saturated rings. The van der Waals surface area contributed by atoms with E-state index >= 15 is 0 Å². The summed E-state index contributed by atoms with van der Waals surface area (Å²) >= 11 is 0. The number of carbonyl (C=O) groups is 2. The number of nitrogens with one attached hydrogen (secondary N) is 3. The number of hydrogen-bond donors (Lipinski definition) is 3. The van der Waals surface area contributed by atoms with Crippen LogP contribution < -0.4 is 15.5 Å². The lowest BCUT2D eigenvalue weighted by molar-refractivity contribution is -0.384. The number of rotatable bonds is 9. The SMILES string of the molecule is Cc1ccc(S(=O)(=O)NCC(=O)NCC(=O)NN=Cc2cccc([N+](=O)[O-])c2)cc1. The summed E-state index contributed by atoms with van der Waals surface area (Å²) in [5.41, 5.74) is 3.32. The topological polar surface area (TPSA) is 160 Å². The Morgan fingerprint density at radius 1 is 1.10 bits per heavy atom. The molecule has 0 atom stereocenters. The number of carbonyl (C=O) groups excluding carboxylic acids is 2. The average Bonchev–Trinajstić information content (AvgIpc) is 2.71. The molecule has 2 aromatic carbocycles. The first-order chi connectivity index (χ1) is 14.2. The Labute approximate surface area is 172 Å². The smallest absolute Gasteiger partial charge is 0.270 e. The first kappa shape index (κ1) is 22.6. The Bertz CT molecular complexity index is 1070. The molecule has 0 heterocycles. The Morgan fingerprint density at radius 2 is 1.80 bits per heavy atom. The molecule has 158 valence electrons. The molecule has 0 radical (unpaired) electrons. The maximum absolute atomic E-state index is 12.1. The molecule has 3 N–H and O–H groups in total. The van der Waals surface area contributed by atoms with Crippen LogP contribution in [0, 0.1) is 17.0 Å². The molecule has 2 aromatic rings. The van der Waals surface area contributed by atoms with Gasteiger partial charge in [0.1, 0.15) is 0 Å². The highest BCUT2D eigenvalue weighted by Crippen LogP contribution is 2.11. The molecule has 0 saturated carbocycles. The fourth-order valence-electron chi connectivity index (χ4n) is 2.14. The van der Waals surface area contributed by atoms with Crippen molar-refractivity contribution in [2.45, 2.75) is 11.8 Å². The number of benzene rings is 2. The van der Waals surface area contributed by atoms with E-state index in [0.717, 1.165) is 5.56 Å². The van der Waals surface area contributed by atoms with Crippen molar-refractivity contribution in [3.63, 3.8) is 0 Å². The number of hydrogen-bond acceptors (Lipinski definition) is 7. The number of aryl methyl sites for hydroxylation is 1. The van der Waals surface area contributed by atoms with E-state index in [4.69, 9.17) is 0 Å². The Balaban J connectivity index is 1.76. The number of amides is 2. The Kier molecular flexibility index (Phi) is 7.72. The zero-order chi connectivity index (χ0) is 22.1. The summed E-state index contributed by atoms with van der Waals surface area (Å²) in [7, 11) is -3.85. The third kappa shape index (κ3) is 7.07. The molecule has 0 spiro atoms. The molecular formula is C18H19N5O6S. The van der Waals surface area contributed by atoms with Crippen molar-refractivity contribution in [3.05, 3.63) is 69.8 Å². The zero-order valence-electron chi connectivity index (χ0n) is 15.9. The minimum absolute atomic E-state index is 0.0223. The van der Waals surface area contributed by atoms with Crippen LogP contribution in [0.4, 0.5) is 5.69 Å². The van der Waals surface area contributed by atoms with Gasteiger partial charge in [0.15, 0.2) is 0 Å². The zero-order valence-corrected chi connectivity index (χ0v) is 16.7. The summed E-state index contributed by atoms with van der Waals surface area (Å²) in [6, 6.07) is 11.7. The van der Waals surface area contributed by atoms with E-state index < -0.39 is 39.9 Å². The summed E-state index contributed by atoms with van der Waals surface area (Å²) in [4.78, 5) is 33.6. The summed E-state index contributed by atoms with van der Waals surface area (Å²) in [6.45, 7) is 0.841. The van der Waals surface area contributed by atoms with Crippen molar-refractivity contribution >= 4 is 33.7 Å². The maximum Gasteiger partial charge on any atom is 0.270 e. The van der Waals surface area contributed by atoms with Crippen LogP contribution in [-0.4, -0.2) is 44.5 Å². The molecule has 0 unspecified atom stereocenters. The summed E-state index contributed by atoms with van der Waals surface area (Å²) in [6.07, 6.45) is 1.21. The van der Waals surface area contributed by atoms with E-state index in [9.17, 15) is 28.1 Å². The third-order valence-electron chi connectivity index (χ3n) is 3.68. The first-order valence-electron chi connectivity index (χ1n) is 8.57. The number of non-ortho nitro benzene ring substituents is 1. The van der Waals surface area contributed by atoms with Gasteiger partial charge in [-0.2, -0.15) is 5.10 Å². The fourth-order valence-corrected chi connectivity index (χ4v) is 3.12. The van der Waals surface area contributed by atoms with E-state index in [1.54, 1.807) is 18.2 Å². The van der Waals surface area contributed by atoms with Gasteiger partial charge in [-0.05, 0) is 19.1 Å². The summed E-state index contributed by atoms with van der Waals surface area (Å²) in [5, 5.41) is 16.6. The predicted octanol–water partition coefficient (Wildman–Crippen LogP) is 0.448. The van der Waals surface area contributed by atoms with Crippen molar-refractivity contribution in [1.29, 1.82) is 0 Å². The van der Waals surface area contributed by atoms with Crippen molar-refractivity contribution in [2.75, 3.05) is 13.1 Å². The Morgan fingerprint density at radius 3 is 2.47 bits per heavy atom. The number of nitrogens with zero attached hydrogens (tertiary/aromatic N) is 2. The second-order valence-corrected chi connectivity index (χ2v) is 7.83. The van der Waals surface area contributed by atoms with Crippen LogP contribution in [0.1, 0.15) is 11.1 Å². The second-order valence-electron chi connectivity index (χ2n) is 6.06. The second kappa shape index (κ2) is 10.2. The Hall–Kier alpha value is -3.64. The van der Waals surface area contributed by atoms with Gasteiger partial charge in [-0.25, -0.2) is 18.6 Å². The first-order valence-corrected chi connectivity index (χ1v) is 10.0. The van der Waals surface area contributed by atoms with Gasteiger partial charge < -0.3 is 5.32 Å². The average molecular weight is 433 g/mol. The number of hydrazone groups is 1. The molecule has 11 nitrogen and oxygen atoms in total. The van der Waals surface area contributed by atoms with Gasteiger partial charge in [0.05, 0.1) is 29.1 Å². The standard InChI is InChI=1S/C18H19N5O6S/c1-13-5-7-16(8-6-13)30(28,29)21-12-17(24)19-11-18(25)22-20-10-14-3-2-4-15(9-14)23(26)27/h2-10,21H,11-12H2,1H3,(H,19,24)(H,22,25). The van der Waals surface area contributed by atoms with Gasteiger partial charge in [-0.3, -0.25) is 19.7 Å². The van der Waals surface area contributed by atoms with Crippen LogP contribution >= 0.6 is 0 Å². The maximum atomic E-state index is 12.1. The summed E-state index contributed by atoms with van der Waals surface area (Å²) < 4.78 is 26.3. The third-order valence-corrected chi connectivity index (χ3v) is 5.10. The predicted molar refractivity (Wildman–Crippen MR) is 108 cm³/mol. The van der Waals surface area contributed by atoms with Crippen molar-refractivity contribution in [3.8, 4) is 0 Å². The van der Waals surface area contributed by atoms with Gasteiger partial charge in [0, 0.05) is 17.7 Å². The molecule has 30 heavy (non-hydrogen) atoms. The lowest BCUT2D eigenvalue weighted by Crippen LogP contribution is -2.41. The van der Waals surface area contributed by atoms with Gasteiger partial charge in [-0.15, -0.1) is 0 Å². The van der Waals surface area contributed by atoms with Crippen LogP contribution in [0.5, 0.6) is 0 Å². The molecule has 0 aliphatic heterocycles. The summed E-state index contributed by atoms with van der Waals surface area (Å²) in [5.74, 6) is -1.37. The van der Waals surface area contributed by atoms with Crippen LogP contribution in [-0.2, 0) is 19.6 Å². The van der Waals surface area contributed by atoms with Crippen molar-refractivity contribution in [2.24, 2.45) is 5.10 Å². The van der Waals surface area contributed by atoms with Gasteiger partial charge in [0.25, 0.3) is 11.6 Å². The highest BCUT2D eigenvalue weighted by atomic mass is 32.2. The normalized spacial score (nSPS) is 11.2. The number of sulfonamides is 1. The number of nitro benzene ring substituents is 1. The van der Waals surface area contributed by atoms with E-state index in [1.165, 1.54) is 36.5 Å². The molecule has 2 amide bonds. The van der Waals surface area contributed by atoms with Crippen LogP contribution in [0.15, 0.2) is 58.5 Å². The quantitative estimate of drug-likeness (QED) is 0.296. The molecule has 0 saturated heterocycles. The van der Waals surface area contributed by atoms with Crippen LogP contribution in [0.25, 0.3) is 0 Å². The molecule has 2 rings (SSSR count). The monoisotopic (exact) mass is 433 g/mol. The largest absolute Gasteiger partial charge is 0.346 e. The fraction of sp³-hybridized carbons (Fsp3) is 0.167. The van der Waals surface area contributed by atoms with E-state index in [-0.39, 0.29) is 10.6 Å². The molecule has 0 aromatic heterocycles. The highest BCUT2D eigenvalue weighted by Gasteiger charge is 2.15. The number of nitro groups is 1. The van der Waals surface area contributed by atoms with Gasteiger partial charge >= 0.3 is 0 Å². The van der Waals surface area contributed by atoms with Gasteiger partial charge in [-0.1, -0.05) is 29.8 Å². The van der Waals surface area contributed by atoms with Gasteiger partial charge in [0.2, 0.25) is 15.9 Å². The van der Waals surface area contributed by atoms with Crippen molar-refractivity contribution in [1.82, 2.24) is 15.5 Å². The minimum atomic E-state index is -3.85. The minimum Gasteiger partial charge on any atom is -0.346 e. The lowest BCUT2D eigenvalue weighted by atomic mass is 10.2. The molecule has 0 aliphatic carbocycles.